The van der Waals surface area contributed by atoms with Gasteiger partial charge >= 0.3 is 0 Å². The van der Waals surface area contributed by atoms with Crippen molar-refractivity contribution in [3.63, 3.8) is 0 Å². The van der Waals surface area contributed by atoms with Crippen molar-refractivity contribution in [3.8, 4) is 5.75 Å². The fraction of sp³-hybridized carbons (Fsp3) is 0.647. The first-order valence-corrected chi connectivity index (χ1v) is 8.09. The first-order valence-electron chi connectivity index (χ1n) is 7.71. The van der Waals surface area contributed by atoms with Gasteiger partial charge in [0.1, 0.15) is 11.4 Å². The summed E-state index contributed by atoms with van der Waals surface area (Å²) in [4.78, 5) is 2.28. The minimum Gasteiger partial charge on any atom is -0.486 e. The molecule has 0 aromatic heterocycles. The van der Waals surface area contributed by atoms with Gasteiger partial charge in [-0.05, 0) is 70.1 Å². The Balaban J connectivity index is 1.80. The van der Waals surface area contributed by atoms with E-state index in [1.807, 2.05) is 12.1 Å². The molecule has 1 aromatic rings. The molecule has 2 nitrogen and oxygen atoms in total. The third-order valence-electron chi connectivity index (χ3n) is 4.90. The monoisotopic (exact) mass is 293 g/mol. The molecule has 20 heavy (non-hydrogen) atoms. The number of benzene rings is 1. The number of rotatable bonds is 3. The molecule has 0 bridgehead atoms. The van der Waals surface area contributed by atoms with Gasteiger partial charge in [-0.3, -0.25) is 0 Å². The number of fused-ring (bicyclic) bond motifs is 1. The zero-order chi connectivity index (χ0) is 14.2. The van der Waals surface area contributed by atoms with Crippen LogP contribution < -0.4 is 4.74 Å². The largest absolute Gasteiger partial charge is 0.486 e. The van der Waals surface area contributed by atoms with Gasteiger partial charge < -0.3 is 9.64 Å². The molecule has 110 valence electrons. The average Bonchev–Trinajstić information content (AvgIpc) is 2.75. The van der Waals surface area contributed by atoms with E-state index in [1.54, 1.807) is 0 Å². The number of hydrogen-bond donors (Lipinski definition) is 0. The Morgan fingerprint density at radius 1 is 1.35 bits per heavy atom. The molecule has 2 unspecified atom stereocenters. The van der Waals surface area contributed by atoms with Crippen LogP contribution in [0.5, 0.6) is 5.75 Å². The highest BCUT2D eigenvalue weighted by atomic mass is 35.5. The van der Waals surface area contributed by atoms with E-state index in [-0.39, 0.29) is 5.60 Å². The second kappa shape index (κ2) is 5.57. The number of nitrogens with zero attached hydrogens (tertiary/aromatic N) is 1. The SMILES string of the molecule is CN(C)CCC1CCCCC12Cc1cc(Cl)ccc1O2. The van der Waals surface area contributed by atoms with Crippen LogP contribution in [-0.4, -0.2) is 31.1 Å². The van der Waals surface area contributed by atoms with E-state index in [0.717, 1.165) is 23.7 Å². The number of ether oxygens (including phenoxy) is 1. The van der Waals surface area contributed by atoms with E-state index in [4.69, 9.17) is 16.3 Å². The molecule has 1 aliphatic heterocycles. The van der Waals surface area contributed by atoms with Crippen LogP contribution in [0.4, 0.5) is 0 Å². The van der Waals surface area contributed by atoms with Crippen LogP contribution in [0.1, 0.15) is 37.7 Å². The summed E-state index contributed by atoms with van der Waals surface area (Å²) in [6.07, 6.45) is 7.41. The van der Waals surface area contributed by atoms with Crippen LogP contribution in [0.25, 0.3) is 0 Å². The molecule has 2 atom stereocenters. The maximum absolute atomic E-state index is 6.46. The minimum absolute atomic E-state index is 0.0429. The summed E-state index contributed by atoms with van der Waals surface area (Å²) in [5, 5.41) is 0.824. The van der Waals surface area contributed by atoms with Crippen molar-refractivity contribution in [3.05, 3.63) is 28.8 Å². The van der Waals surface area contributed by atoms with Gasteiger partial charge in [0, 0.05) is 17.4 Å². The van der Waals surface area contributed by atoms with Gasteiger partial charge in [0.25, 0.3) is 0 Å². The second-order valence-electron chi connectivity index (χ2n) is 6.63. The average molecular weight is 294 g/mol. The fourth-order valence-corrected chi connectivity index (χ4v) is 4.03. The molecule has 1 aromatic carbocycles. The van der Waals surface area contributed by atoms with Crippen LogP contribution in [0.2, 0.25) is 5.02 Å². The summed E-state index contributed by atoms with van der Waals surface area (Å²) in [6, 6.07) is 6.07. The Hall–Kier alpha value is -0.730. The van der Waals surface area contributed by atoms with E-state index in [9.17, 15) is 0 Å². The Labute approximate surface area is 127 Å². The molecule has 1 fully saturated rings. The summed E-state index contributed by atoms with van der Waals surface area (Å²) in [7, 11) is 4.30. The predicted octanol–water partition coefficient (Wildman–Crippen LogP) is 4.16. The van der Waals surface area contributed by atoms with Gasteiger partial charge in [0.2, 0.25) is 0 Å². The molecular formula is C17H24ClNO. The number of hydrogen-bond acceptors (Lipinski definition) is 2. The van der Waals surface area contributed by atoms with E-state index in [0.29, 0.717) is 5.92 Å². The summed E-state index contributed by atoms with van der Waals surface area (Å²) in [6.45, 7) is 1.15. The smallest absolute Gasteiger partial charge is 0.123 e. The van der Waals surface area contributed by atoms with E-state index in [2.05, 4.69) is 25.1 Å². The van der Waals surface area contributed by atoms with Gasteiger partial charge in [-0.1, -0.05) is 18.0 Å². The van der Waals surface area contributed by atoms with Gasteiger partial charge in [-0.25, -0.2) is 0 Å². The van der Waals surface area contributed by atoms with Crippen molar-refractivity contribution < 1.29 is 4.74 Å². The Morgan fingerprint density at radius 3 is 3.00 bits per heavy atom. The lowest BCUT2D eigenvalue weighted by atomic mass is 9.71. The molecule has 1 heterocycles. The summed E-state index contributed by atoms with van der Waals surface area (Å²) < 4.78 is 6.46. The maximum atomic E-state index is 6.46. The quantitative estimate of drug-likeness (QED) is 0.830. The van der Waals surface area contributed by atoms with Crippen molar-refractivity contribution in [2.24, 2.45) is 5.92 Å². The molecule has 3 heteroatoms. The fourth-order valence-electron chi connectivity index (χ4n) is 3.83. The van der Waals surface area contributed by atoms with Gasteiger partial charge in [-0.15, -0.1) is 0 Å². The zero-order valence-corrected chi connectivity index (χ0v) is 13.2. The molecule has 0 radical (unpaired) electrons. The molecule has 1 saturated carbocycles. The summed E-state index contributed by atoms with van der Waals surface area (Å²) in [5.41, 5.74) is 1.34. The van der Waals surface area contributed by atoms with Crippen molar-refractivity contribution in [1.29, 1.82) is 0 Å². The Morgan fingerprint density at radius 2 is 2.20 bits per heavy atom. The minimum atomic E-state index is 0.0429. The van der Waals surface area contributed by atoms with E-state index < -0.39 is 0 Å². The lowest BCUT2D eigenvalue weighted by molar-refractivity contribution is -0.0111. The lowest BCUT2D eigenvalue weighted by Gasteiger charge is -2.41. The third-order valence-corrected chi connectivity index (χ3v) is 5.13. The van der Waals surface area contributed by atoms with E-state index >= 15 is 0 Å². The van der Waals surface area contributed by atoms with Gasteiger partial charge in [-0.2, -0.15) is 0 Å². The number of halogens is 1. The highest BCUT2D eigenvalue weighted by Gasteiger charge is 2.46. The molecule has 0 amide bonds. The molecule has 1 spiro atoms. The van der Waals surface area contributed by atoms with Crippen LogP contribution in [0, 0.1) is 5.92 Å². The predicted molar refractivity (Wildman–Crippen MR) is 83.6 cm³/mol. The molecule has 3 rings (SSSR count). The van der Waals surface area contributed by atoms with Crippen molar-refractivity contribution >= 4 is 11.6 Å². The first kappa shape index (κ1) is 14.2. The Bertz CT molecular complexity index is 488. The van der Waals surface area contributed by atoms with Gasteiger partial charge in [0.05, 0.1) is 0 Å². The zero-order valence-electron chi connectivity index (χ0n) is 12.5. The summed E-state index contributed by atoms with van der Waals surface area (Å²) >= 11 is 6.13. The second-order valence-corrected chi connectivity index (χ2v) is 7.07. The van der Waals surface area contributed by atoms with Crippen molar-refractivity contribution in [2.75, 3.05) is 20.6 Å². The van der Waals surface area contributed by atoms with E-state index in [1.165, 1.54) is 37.7 Å². The molecular weight excluding hydrogens is 270 g/mol. The van der Waals surface area contributed by atoms with Gasteiger partial charge in [0.15, 0.2) is 0 Å². The molecule has 1 aliphatic carbocycles. The third kappa shape index (κ3) is 2.68. The Kier molecular flexibility index (Phi) is 3.96. The van der Waals surface area contributed by atoms with Crippen LogP contribution in [-0.2, 0) is 6.42 Å². The van der Waals surface area contributed by atoms with Crippen molar-refractivity contribution in [2.45, 2.75) is 44.1 Å². The van der Waals surface area contributed by atoms with Crippen LogP contribution in [0.15, 0.2) is 18.2 Å². The lowest BCUT2D eigenvalue weighted by Crippen LogP contribution is -2.46. The van der Waals surface area contributed by atoms with Crippen LogP contribution in [0.3, 0.4) is 0 Å². The normalized spacial score (nSPS) is 28.7. The molecule has 2 aliphatic rings. The maximum Gasteiger partial charge on any atom is 0.123 e. The van der Waals surface area contributed by atoms with Crippen LogP contribution >= 0.6 is 11.6 Å². The molecule has 0 saturated heterocycles. The standard InChI is InChI=1S/C17H24ClNO/c1-19(2)10-8-14-5-3-4-9-17(14)12-13-11-15(18)6-7-16(13)20-17/h6-7,11,14H,3-5,8-10,12H2,1-2H3. The highest BCUT2D eigenvalue weighted by molar-refractivity contribution is 6.30. The highest BCUT2D eigenvalue weighted by Crippen LogP contribution is 2.48. The first-order chi connectivity index (χ1) is 9.59. The topological polar surface area (TPSA) is 12.5 Å². The summed E-state index contributed by atoms with van der Waals surface area (Å²) in [5.74, 6) is 1.73. The van der Waals surface area contributed by atoms with Crippen molar-refractivity contribution in [1.82, 2.24) is 4.90 Å². The molecule has 0 N–H and O–H groups in total.